The Hall–Kier alpha value is -4.37. The number of ether oxygens (including phenoxy) is 2. The number of allylic oxidation sites excluding steroid dienone is 26. The molecule has 0 saturated heterocycles. The Morgan fingerprint density at radius 1 is 0.365 bits per heavy atom. The van der Waals surface area contributed by atoms with Crippen LogP contribution < -0.4 is 5.73 Å². The SMILES string of the molecule is CC/C=C\C/C=C\C/C=C\C/C=C\C/C=C\C/C=C\C/C=C\C/C=C\C/C=C\C/C=C\C/C=C\C/C=C\CCCCC(=O)OC(COC(=O)CCCCCCCCCCCCCCC/C=C\CCCCCCCCCC)COP(=O)(O)OCCN. The normalized spacial score (nSPS) is 14.0. The van der Waals surface area contributed by atoms with Gasteiger partial charge < -0.3 is 20.1 Å². The summed E-state index contributed by atoms with van der Waals surface area (Å²) in [5.74, 6) is -0.884. The van der Waals surface area contributed by atoms with Crippen LogP contribution in [0.1, 0.15) is 271 Å². The summed E-state index contributed by atoms with van der Waals surface area (Å²) in [5.41, 5.74) is 5.39. The smallest absolute Gasteiger partial charge is 0.462 e. The first-order valence-electron chi connectivity index (χ1n) is 34.0. The van der Waals surface area contributed by atoms with Crippen molar-refractivity contribution < 1.29 is 37.6 Å². The number of phosphoric acid groups is 1. The number of phosphoric ester groups is 1. The summed E-state index contributed by atoms with van der Waals surface area (Å²) < 4.78 is 33.1. The van der Waals surface area contributed by atoms with Crippen molar-refractivity contribution in [3.8, 4) is 0 Å². The van der Waals surface area contributed by atoms with Crippen molar-refractivity contribution >= 4 is 19.8 Å². The molecule has 0 spiro atoms. The number of hydrogen-bond acceptors (Lipinski definition) is 8. The van der Waals surface area contributed by atoms with Gasteiger partial charge in [-0.3, -0.25) is 18.6 Å². The van der Waals surface area contributed by atoms with E-state index in [-0.39, 0.29) is 32.6 Å². The number of carbonyl (C=O) groups is 2. The molecule has 2 atom stereocenters. The molecule has 0 radical (unpaired) electrons. The van der Waals surface area contributed by atoms with E-state index >= 15 is 0 Å². The van der Waals surface area contributed by atoms with E-state index in [2.05, 4.69) is 172 Å². The van der Waals surface area contributed by atoms with Crippen LogP contribution in [-0.4, -0.2) is 49.3 Å². The first-order chi connectivity index (χ1) is 41.8. The van der Waals surface area contributed by atoms with Crippen molar-refractivity contribution in [1.29, 1.82) is 0 Å². The third-order valence-electron chi connectivity index (χ3n) is 13.9. The van der Waals surface area contributed by atoms with Gasteiger partial charge in [-0.2, -0.15) is 0 Å². The molecule has 0 aromatic rings. The molecular weight excluding hydrogens is 1070 g/mol. The molecule has 0 aromatic heterocycles. The highest BCUT2D eigenvalue weighted by Gasteiger charge is 2.26. The molecule has 0 aliphatic carbocycles. The van der Waals surface area contributed by atoms with Gasteiger partial charge >= 0.3 is 19.8 Å². The third kappa shape index (κ3) is 68.6. The third-order valence-corrected chi connectivity index (χ3v) is 14.9. The van der Waals surface area contributed by atoms with Crippen LogP contribution in [0.5, 0.6) is 0 Å². The van der Waals surface area contributed by atoms with Gasteiger partial charge in [-0.15, -0.1) is 0 Å². The van der Waals surface area contributed by atoms with Crippen LogP contribution in [0.25, 0.3) is 0 Å². The van der Waals surface area contributed by atoms with Crippen LogP contribution in [0.4, 0.5) is 0 Å². The molecule has 0 aliphatic heterocycles. The lowest BCUT2D eigenvalue weighted by atomic mass is 10.0. The summed E-state index contributed by atoms with van der Waals surface area (Å²) in [6.45, 7) is 3.58. The fraction of sp³-hybridized carbons (Fsp3) is 0.627. The topological polar surface area (TPSA) is 134 Å². The van der Waals surface area contributed by atoms with Gasteiger partial charge in [0.25, 0.3) is 0 Å². The molecule has 2 unspecified atom stereocenters. The number of esters is 2. The largest absolute Gasteiger partial charge is 0.472 e. The summed E-state index contributed by atoms with van der Waals surface area (Å²) >= 11 is 0. The molecule has 482 valence electrons. The highest BCUT2D eigenvalue weighted by atomic mass is 31.2. The van der Waals surface area contributed by atoms with Crippen LogP contribution >= 0.6 is 7.82 Å². The number of unbranched alkanes of at least 4 members (excludes halogenated alkanes) is 23. The highest BCUT2D eigenvalue weighted by Crippen LogP contribution is 2.43. The van der Waals surface area contributed by atoms with E-state index in [1.807, 2.05) is 0 Å². The molecule has 85 heavy (non-hydrogen) atoms. The second kappa shape index (κ2) is 68.7. The van der Waals surface area contributed by atoms with Crippen LogP contribution in [0.2, 0.25) is 0 Å². The lowest BCUT2D eigenvalue weighted by Crippen LogP contribution is -2.29. The fourth-order valence-electron chi connectivity index (χ4n) is 8.91. The van der Waals surface area contributed by atoms with E-state index in [9.17, 15) is 19.0 Å². The predicted octanol–water partition coefficient (Wildman–Crippen LogP) is 22.4. The Morgan fingerprint density at radius 2 is 0.647 bits per heavy atom. The minimum Gasteiger partial charge on any atom is -0.462 e. The molecule has 0 rings (SSSR count). The van der Waals surface area contributed by atoms with Gasteiger partial charge in [0.2, 0.25) is 0 Å². The average Bonchev–Trinajstić information content (AvgIpc) is 3.53. The summed E-state index contributed by atoms with van der Waals surface area (Å²) in [7, 11) is -4.42. The van der Waals surface area contributed by atoms with Gasteiger partial charge in [-0.25, -0.2) is 4.57 Å². The van der Waals surface area contributed by atoms with Crippen molar-refractivity contribution in [2.75, 3.05) is 26.4 Å². The van der Waals surface area contributed by atoms with E-state index < -0.39 is 32.5 Å². The number of nitrogens with two attached hydrogens (primary N) is 1. The summed E-state index contributed by atoms with van der Waals surface area (Å²) in [5, 5.41) is 0. The quantitative estimate of drug-likeness (QED) is 0.0264. The van der Waals surface area contributed by atoms with Gasteiger partial charge in [-0.05, 0) is 128 Å². The monoisotopic (exact) mass is 1200 g/mol. The summed E-state index contributed by atoms with van der Waals surface area (Å²) in [6.07, 6.45) is 100. The van der Waals surface area contributed by atoms with Crippen molar-refractivity contribution in [3.05, 3.63) is 158 Å². The zero-order valence-electron chi connectivity index (χ0n) is 54.0. The van der Waals surface area contributed by atoms with E-state index in [1.165, 1.54) is 128 Å². The lowest BCUT2D eigenvalue weighted by Gasteiger charge is -2.19. The number of hydrogen-bond donors (Lipinski definition) is 2. The molecular formula is C75H124NO8P. The molecule has 0 fully saturated rings. The van der Waals surface area contributed by atoms with Crippen LogP contribution in [0.15, 0.2) is 158 Å². The Morgan fingerprint density at radius 3 is 1.00 bits per heavy atom. The second-order valence-corrected chi connectivity index (χ2v) is 23.4. The first-order valence-corrected chi connectivity index (χ1v) is 35.5. The summed E-state index contributed by atoms with van der Waals surface area (Å²) in [4.78, 5) is 35.3. The van der Waals surface area contributed by atoms with Crippen molar-refractivity contribution in [1.82, 2.24) is 0 Å². The van der Waals surface area contributed by atoms with Crippen molar-refractivity contribution in [3.63, 3.8) is 0 Å². The van der Waals surface area contributed by atoms with Crippen molar-refractivity contribution in [2.24, 2.45) is 5.73 Å². The van der Waals surface area contributed by atoms with E-state index in [0.717, 1.165) is 109 Å². The van der Waals surface area contributed by atoms with Crippen LogP contribution in [0, 0.1) is 0 Å². The summed E-state index contributed by atoms with van der Waals surface area (Å²) in [6, 6.07) is 0. The molecule has 0 aliphatic rings. The van der Waals surface area contributed by atoms with Crippen molar-refractivity contribution in [2.45, 2.75) is 277 Å². The fourth-order valence-corrected chi connectivity index (χ4v) is 9.67. The Labute approximate surface area is 521 Å². The molecule has 0 aromatic carbocycles. The minimum atomic E-state index is -4.42. The van der Waals surface area contributed by atoms with Gasteiger partial charge in [0, 0.05) is 19.4 Å². The standard InChI is InChI=1S/C75H124NO8P/c1-3-5-7-9-11-13-15-17-19-21-23-25-27-29-30-31-32-33-34-35-36-37-38-39-40-41-42-44-46-48-50-52-54-56-58-60-62-64-66-68-75(78)84-73(72-83-85(79,80)82-70-69-76)71-81-74(77)67-65-63-61-59-57-55-53-51-49-47-45-43-28-26-24-22-20-18-16-14-12-10-8-6-4-2/h5,7,11,13,17,19,22-25,29-30,32-33,35-36,38-39,41-42,46,48,52,54,58,60,73H,3-4,6,8-10,12,14-16,18,20-21,26-28,31,34,37,40,43-45,47,49-51,53,55-57,59,61-72,76H2,1-2H3,(H,79,80)/b7-5-,13-11-,19-17-,24-22-,25-23-,30-29-,33-32-,36-35-,39-38-,42-41-,48-46-,54-52-,60-58-. The predicted molar refractivity (Wildman–Crippen MR) is 366 cm³/mol. The van der Waals surface area contributed by atoms with Crippen LogP contribution in [0.3, 0.4) is 0 Å². The second-order valence-electron chi connectivity index (χ2n) is 22.0. The van der Waals surface area contributed by atoms with Crippen LogP contribution in [-0.2, 0) is 32.7 Å². The Bertz CT molecular complexity index is 1950. The zero-order chi connectivity index (χ0) is 61.6. The maximum absolute atomic E-state index is 12.7. The maximum Gasteiger partial charge on any atom is 0.472 e. The molecule has 10 heteroatoms. The highest BCUT2D eigenvalue weighted by molar-refractivity contribution is 7.47. The molecule has 0 bridgehead atoms. The molecule has 0 saturated carbocycles. The minimum absolute atomic E-state index is 0.0387. The van der Waals surface area contributed by atoms with Gasteiger partial charge in [0.1, 0.15) is 6.61 Å². The molecule has 0 amide bonds. The van der Waals surface area contributed by atoms with E-state index in [4.69, 9.17) is 24.3 Å². The van der Waals surface area contributed by atoms with E-state index in [0.29, 0.717) is 6.42 Å². The lowest BCUT2D eigenvalue weighted by molar-refractivity contribution is -0.161. The molecule has 0 heterocycles. The average molecular weight is 1200 g/mol. The maximum atomic E-state index is 12.7. The van der Waals surface area contributed by atoms with E-state index in [1.54, 1.807) is 0 Å². The number of rotatable bonds is 62. The molecule has 3 N–H and O–H groups in total. The Balaban J connectivity index is 4.06. The van der Waals surface area contributed by atoms with Gasteiger partial charge in [0.15, 0.2) is 6.10 Å². The van der Waals surface area contributed by atoms with Gasteiger partial charge in [-0.1, -0.05) is 287 Å². The molecule has 9 nitrogen and oxygen atoms in total. The first kappa shape index (κ1) is 80.6. The zero-order valence-corrected chi connectivity index (χ0v) is 54.9. The number of carbonyl (C=O) groups excluding carboxylic acids is 2. The Kier molecular flexibility index (Phi) is 65.2. The van der Waals surface area contributed by atoms with Gasteiger partial charge in [0.05, 0.1) is 13.2 Å².